The van der Waals surface area contributed by atoms with E-state index in [1.807, 2.05) is 0 Å². The highest BCUT2D eigenvalue weighted by Crippen LogP contribution is 2.09. The van der Waals surface area contributed by atoms with Crippen LogP contribution >= 0.6 is 11.6 Å². The van der Waals surface area contributed by atoms with Gasteiger partial charge < -0.3 is 11.5 Å². The van der Waals surface area contributed by atoms with Crippen LogP contribution in [0, 0.1) is 0 Å². The van der Waals surface area contributed by atoms with E-state index in [2.05, 4.69) is 4.98 Å². The maximum Gasteiger partial charge on any atom is 0.0594 e. The van der Waals surface area contributed by atoms with E-state index in [0.29, 0.717) is 11.6 Å². The van der Waals surface area contributed by atoms with E-state index in [9.17, 15) is 0 Å². The second-order valence-corrected chi connectivity index (χ2v) is 2.68. The largest absolute Gasteiger partial charge is 0.329 e. The highest BCUT2D eigenvalue weighted by Gasteiger charge is 2.03. The molecule has 0 aliphatic heterocycles. The summed E-state index contributed by atoms with van der Waals surface area (Å²) in [5.41, 5.74) is 11.7. The Labute approximate surface area is 70.4 Å². The topological polar surface area (TPSA) is 64.9 Å². The number of nitrogens with zero attached hydrogens (tertiary/aromatic N) is 1. The van der Waals surface area contributed by atoms with Crippen molar-refractivity contribution >= 4 is 11.6 Å². The van der Waals surface area contributed by atoms with Gasteiger partial charge >= 0.3 is 0 Å². The summed E-state index contributed by atoms with van der Waals surface area (Å²) in [5, 5.41) is 0.609. The summed E-state index contributed by atoms with van der Waals surface area (Å²) in [4.78, 5) is 4.01. The molecule has 0 spiro atoms. The smallest absolute Gasteiger partial charge is 0.0594 e. The highest BCUT2D eigenvalue weighted by atomic mass is 35.5. The van der Waals surface area contributed by atoms with Gasteiger partial charge in [-0.25, -0.2) is 0 Å². The molecule has 0 saturated heterocycles. The predicted octanol–water partition coefficient (Wildman–Crippen LogP) is 0.694. The van der Waals surface area contributed by atoms with Crippen LogP contribution in [0.25, 0.3) is 0 Å². The molecule has 1 atom stereocenters. The molecule has 0 aliphatic carbocycles. The summed E-state index contributed by atoms with van der Waals surface area (Å²) in [6.45, 7) is 0.397. The van der Waals surface area contributed by atoms with E-state index < -0.39 is 0 Å². The molecule has 1 aromatic heterocycles. The fourth-order valence-corrected chi connectivity index (χ4v) is 0.839. The zero-order chi connectivity index (χ0) is 8.27. The first-order valence-corrected chi connectivity index (χ1v) is 3.69. The van der Waals surface area contributed by atoms with Crippen LogP contribution in [0.2, 0.25) is 5.02 Å². The fraction of sp³-hybridized carbons (Fsp3) is 0.286. The van der Waals surface area contributed by atoms with Crippen molar-refractivity contribution in [3.05, 3.63) is 29.0 Å². The zero-order valence-electron chi connectivity index (χ0n) is 6.00. The van der Waals surface area contributed by atoms with Gasteiger partial charge in [0.05, 0.1) is 16.8 Å². The molecule has 0 saturated carbocycles. The number of nitrogens with two attached hydrogens (primary N) is 2. The SMILES string of the molecule is NCC(N)c1ccc(Cl)cn1. The third kappa shape index (κ3) is 2.15. The maximum atomic E-state index is 5.62. The third-order valence-corrected chi connectivity index (χ3v) is 1.61. The second kappa shape index (κ2) is 3.67. The molecular weight excluding hydrogens is 162 g/mol. The summed E-state index contributed by atoms with van der Waals surface area (Å²) in [7, 11) is 0. The predicted molar refractivity (Wildman–Crippen MR) is 45.2 cm³/mol. The van der Waals surface area contributed by atoms with Crippen LogP contribution < -0.4 is 11.5 Å². The van der Waals surface area contributed by atoms with E-state index in [1.165, 1.54) is 0 Å². The highest BCUT2D eigenvalue weighted by molar-refractivity contribution is 6.30. The molecule has 0 aromatic carbocycles. The Kier molecular flexibility index (Phi) is 2.82. The van der Waals surface area contributed by atoms with E-state index in [4.69, 9.17) is 23.1 Å². The van der Waals surface area contributed by atoms with Crippen molar-refractivity contribution < 1.29 is 0 Å². The van der Waals surface area contributed by atoms with Crippen LogP contribution in [-0.2, 0) is 0 Å². The van der Waals surface area contributed by atoms with Crippen LogP contribution in [0.5, 0.6) is 0 Å². The molecule has 1 heterocycles. The first-order valence-electron chi connectivity index (χ1n) is 3.31. The van der Waals surface area contributed by atoms with Gasteiger partial charge in [0.15, 0.2) is 0 Å². The quantitative estimate of drug-likeness (QED) is 0.689. The molecule has 11 heavy (non-hydrogen) atoms. The van der Waals surface area contributed by atoms with E-state index >= 15 is 0 Å². The Morgan fingerprint density at radius 1 is 1.55 bits per heavy atom. The van der Waals surface area contributed by atoms with Gasteiger partial charge in [0.1, 0.15) is 0 Å². The van der Waals surface area contributed by atoms with E-state index in [-0.39, 0.29) is 6.04 Å². The average Bonchev–Trinajstić information content (AvgIpc) is 2.05. The average molecular weight is 172 g/mol. The van der Waals surface area contributed by atoms with Crippen molar-refractivity contribution in [3.63, 3.8) is 0 Å². The van der Waals surface area contributed by atoms with Crippen molar-refractivity contribution in [1.29, 1.82) is 0 Å². The van der Waals surface area contributed by atoms with Crippen LogP contribution in [0.3, 0.4) is 0 Å². The minimum absolute atomic E-state index is 0.188. The molecule has 4 N–H and O–H groups in total. The molecule has 3 nitrogen and oxygen atoms in total. The Morgan fingerprint density at radius 2 is 2.27 bits per heavy atom. The fourth-order valence-electron chi connectivity index (χ4n) is 0.727. The van der Waals surface area contributed by atoms with Crippen LogP contribution in [0.4, 0.5) is 0 Å². The minimum Gasteiger partial charge on any atom is -0.329 e. The summed E-state index contributed by atoms with van der Waals surface area (Å²) < 4.78 is 0. The van der Waals surface area contributed by atoms with Crippen molar-refractivity contribution in [3.8, 4) is 0 Å². The molecule has 1 aromatic rings. The Hall–Kier alpha value is -0.640. The van der Waals surface area contributed by atoms with Gasteiger partial charge in [-0.2, -0.15) is 0 Å². The lowest BCUT2D eigenvalue weighted by Gasteiger charge is -2.06. The van der Waals surface area contributed by atoms with Crippen LogP contribution in [0.15, 0.2) is 18.3 Å². The number of pyridine rings is 1. The van der Waals surface area contributed by atoms with Crippen molar-refractivity contribution in [2.24, 2.45) is 11.5 Å². The summed E-state index contributed by atoms with van der Waals surface area (Å²) in [5.74, 6) is 0. The van der Waals surface area contributed by atoms with E-state index in [0.717, 1.165) is 5.69 Å². The van der Waals surface area contributed by atoms with Gasteiger partial charge in [-0.3, -0.25) is 4.98 Å². The normalized spacial score (nSPS) is 13.0. The molecule has 4 heteroatoms. The molecule has 1 rings (SSSR count). The van der Waals surface area contributed by atoms with E-state index in [1.54, 1.807) is 18.3 Å². The van der Waals surface area contributed by atoms with Gasteiger partial charge in [-0.05, 0) is 12.1 Å². The zero-order valence-corrected chi connectivity index (χ0v) is 6.75. The number of hydrogen-bond donors (Lipinski definition) is 2. The Morgan fingerprint density at radius 3 is 2.73 bits per heavy atom. The van der Waals surface area contributed by atoms with Gasteiger partial charge in [0.2, 0.25) is 0 Å². The first kappa shape index (κ1) is 8.46. The lowest BCUT2D eigenvalue weighted by Crippen LogP contribution is -2.21. The molecule has 0 amide bonds. The Balaban J connectivity index is 2.81. The monoisotopic (exact) mass is 171 g/mol. The molecule has 0 aliphatic rings. The van der Waals surface area contributed by atoms with Crippen LogP contribution in [0.1, 0.15) is 11.7 Å². The van der Waals surface area contributed by atoms with Crippen LogP contribution in [-0.4, -0.2) is 11.5 Å². The summed E-state index contributed by atoms with van der Waals surface area (Å²) in [6, 6.07) is 3.34. The minimum atomic E-state index is -0.188. The summed E-state index contributed by atoms with van der Waals surface area (Å²) >= 11 is 5.62. The summed E-state index contributed by atoms with van der Waals surface area (Å²) in [6.07, 6.45) is 1.56. The number of aromatic nitrogens is 1. The second-order valence-electron chi connectivity index (χ2n) is 2.24. The number of halogens is 1. The third-order valence-electron chi connectivity index (χ3n) is 1.38. The van der Waals surface area contributed by atoms with Gasteiger partial charge in [0.25, 0.3) is 0 Å². The van der Waals surface area contributed by atoms with Crippen molar-refractivity contribution in [2.75, 3.05) is 6.54 Å². The first-order chi connectivity index (χ1) is 5.24. The Bertz CT molecular complexity index is 222. The maximum absolute atomic E-state index is 5.62. The molecule has 0 radical (unpaired) electrons. The van der Waals surface area contributed by atoms with Gasteiger partial charge in [-0.15, -0.1) is 0 Å². The van der Waals surface area contributed by atoms with Crippen molar-refractivity contribution in [1.82, 2.24) is 4.98 Å². The molecular formula is C7H10ClN3. The molecule has 0 fully saturated rings. The standard InChI is InChI=1S/C7H10ClN3/c8-5-1-2-7(11-4-5)6(10)3-9/h1-2,4,6H,3,9-10H2. The number of rotatable bonds is 2. The lowest BCUT2D eigenvalue weighted by atomic mass is 10.2. The van der Waals surface area contributed by atoms with Crippen molar-refractivity contribution in [2.45, 2.75) is 6.04 Å². The molecule has 60 valence electrons. The molecule has 1 unspecified atom stereocenters. The molecule has 0 bridgehead atoms. The van der Waals surface area contributed by atoms with Gasteiger partial charge in [-0.1, -0.05) is 11.6 Å². The van der Waals surface area contributed by atoms with Gasteiger partial charge in [0, 0.05) is 12.7 Å². The number of hydrogen-bond acceptors (Lipinski definition) is 3. The lowest BCUT2D eigenvalue weighted by molar-refractivity contribution is 0.711.